The Balaban J connectivity index is 1.58. The summed E-state index contributed by atoms with van der Waals surface area (Å²) >= 11 is 0. The Labute approximate surface area is 185 Å². The molecule has 3 fully saturated rings. The average molecular weight is 408 g/mol. The highest BCUT2D eigenvalue weighted by Gasteiger charge is 2.58. The molecule has 1 aliphatic heterocycles. The second-order valence-corrected chi connectivity index (χ2v) is 13.5. The minimum absolute atomic E-state index is 0.230. The van der Waals surface area contributed by atoms with E-state index >= 15 is 0 Å². The molecule has 1 heterocycles. The highest BCUT2D eigenvalue weighted by Crippen LogP contribution is 2.66. The molecule has 3 aliphatic carbocycles. The predicted molar refractivity (Wildman–Crippen MR) is 128 cm³/mol. The first kappa shape index (κ1) is 21.0. The summed E-state index contributed by atoms with van der Waals surface area (Å²) in [5.41, 5.74) is 6.21. The predicted octanol–water partition coefficient (Wildman–Crippen LogP) is 7.55. The average Bonchev–Trinajstić information content (AvgIpc) is 3.27. The Bertz CT molecular complexity index is 782. The topological polar surface area (TPSA) is 12.0 Å². The lowest BCUT2D eigenvalue weighted by atomic mass is 9.51. The van der Waals surface area contributed by atoms with E-state index < -0.39 is 0 Å². The number of rotatable bonds is 2. The standard InChI is InChI=1S/C29H45N/c1-27(2,3)20-12-13-22-23(16-20)24-17-21(28(4,5)6)18-30-26(24)25(22)29(14-9-15-29)19-10-7-8-11-19/h12-13,16,19,21,24-26,30H,7-11,14-15,17-18H2,1-6H3. The maximum Gasteiger partial charge on any atom is 0.0210 e. The Kier molecular flexibility index (Phi) is 4.98. The molecular formula is C29H45N. The quantitative estimate of drug-likeness (QED) is 0.533. The van der Waals surface area contributed by atoms with Crippen LogP contribution in [0, 0.1) is 22.7 Å². The van der Waals surface area contributed by atoms with E-state index in [-0.39, 0.29) is 5.41 Å². The maximum absolute atomic E-state index is 4.19. The third-order valence-corrected chi connectivity index (χ3v) is 9.92. The Morgan fingerprint density at radius 1 is 0.900 bits per heavy atom. The van der Waals surface area contributed by atoms with Gasteiger partial charge < -0.3 is 5.32 Å². The summed E-state index contributed by atoms with van der Waals surface area (Å²) < 4.78 is 0. The number of fused-ring (bicyclic) bond motifs is 3. The fourth-order valence-electron chi connectivity index (χ4n) is 7.85. The van der Waals surface area contributed by atoms with Gasteiger partial charge in [0.2, 0.25) is 0 Å². The highest BCUT2D eigenvalue weighted by atomic mass is 15.0. The molecule has 0 radical (unpaired) electrons. The zero-order valence-corrected chi connectivity index (χ0v) is 20.5. The van der Waals surface area contributed by atoms with E-state index in [0.29, 0.717) is 22.8 Å². The summed E-state index contributed by atoms with van der Waals surface area (Å²) in [5, 5.41) is 4.19. The lowest BCUT2D eigenvalue weighted by Crippen LogP contribution is -2.53. The van der Waals surface area contributed by atoms with Gasteiger partial charge in [0.25, 0.3) is 0 Å². The van der Waals surface area contributed by atoms with Crippen molar-refractivity contribution in [3.05, 3.63) is 34.9 Å². The first-order chi connectivity index (χ1) is 14.1. The molecule has 4 unspecified atom stereocenters. The molecule has 4 atom stereocenters. The number of hydrogen-bond donors (Lipinski definition) is 1. The minimum Gasteiger partial charge on any atom is -0.312 e. The zero-order valence-electron chi connectivity index (χ0n) is 20.5. The van der Waals surface area contributed by atoms with Gasteiger partial charge in [0, 0.05) is 17.9 Å². The molecule has 166 valence electrons. The van der Waals surface area contributed by atoms with Gasteiger partial charge in [0.1, 0.15) is 0 Å². The largest absolute Gasteiger partial charge is 0.312 e. The molecule has 0 bridgehead atoms. The molecule has 2 saturated carbocycles. The molecule has 1 aromatic rings. The molecule has 0 aromatic heterocycles. The van der Waals surface area contributed by atoms with Crippen LogP contribution in [0.4, 0.5) is 0 Å². The van der Waals surface area contributed by atoms with Gasteiger partial charge in [-0.25, -0.2) is 0 Å². The van der Waals surface area contributed by atoms with E-state index in [9.17, 15) is 0 Å². The van der Waals surface area contributed by atoms with E-state index in [0.717, 1.165) is 17.8 Å². The van der Waals surface area contributed by atoms with Crippen LogP contribution in [0.15, 0.2) is 18.2 Å². The van der Waals surface area contributed by atoms with Crippen LogP contribution in [-0.2, 0) is 5.41 Å². The van der Waals surface area contributed by atoms with E-state index in [1.165, 1.54) is 63.5 Å². The third-order valence-electron chi connectivity index (χ3n) is 9.92. The van der Waals surface area contributed by atoms with Crippen molar-refractivity contribution in [2.75, 3.05) is 6.54 Å². The van der Waals surface area contributed by atoms with Gasteiger partial charge in [-0.15, -0.1) is 0 Å². The van der Waals surface area contributed by atoms with Crippen LogP contribution in [0.5, 0.6) is 0 Å². The van der Waals surface area contributed by atoms with Gasteiger partial charge in [-0.05, 0) is 83.4 Å². The number of piperidine rings is 1. The third kappa shape index (κ3) is 3.21. The van der Waals surface area contributed by atoms with Crippen molar-refractivity contribution in [3.8, 4) is 0 Å². The van der Waals surface area contributed by atoms with Crippen LogP contribution in [-0.4, -0.2) is 12.6 Å². The van der Waals surface area contributed by atoms with Gasteiger partial charge in [-0.2, -0.15) is 0 Å². The van der Waals surface area contributed by atoms with Crippen LogP contribution in [0.1, 0.15) is 121 Å². The molecule has 0 amide bonds. The monoisotopic (exact) mass is 407 g/mol. The van der Waals surface area contributed by atoms with Crippen molar-refractivity contribution >= 4 is 0 Å². The first-order valence-electron chi connectivity index (χ1n) is 13.0. The lowest BCUT2D eigenvalue weighted by molar-refractivity contribution is -0.00258. The van der Waals surface area contributed by atoms with Crippen molar-refractivity contribution in [3.63, 3.8) is 0 Å². The fourth-order valence-corrected chi connectivity index (χ4v) is 7.85. The van der Waals surface area contributed by atoms with Crippen LogP contribution < -0.4 is 5.32 Å². The summed E-state index contributed by atoms with van der Waals surface area (Å²) in [6.45, 7) is 15.7. The van der Waals surface area contributed by atoms with Gasteiger partial charge in [0.05, 0.1) is 0 Å². The zero-order chi connectivity index (χ0) is 21.3. The number of benzene rings is 1. The Morgan fingerprint density at radius 3 is 2.17 bits per heavy atom. The van der Waals surface area contributed by atoms with E-state index in [1.54, 1.807) is 11.1 Å². The molecule has 1 heteroatoms. The minimum atomic E-state index is 0.230. The second kappa shape index (κ2) is 7.09. The lowest BCUT2D eigenvalue weighted by Gasteiger charge is -2.55. The molecule has 4 aliphatic rings. The van der Waals surface area contributed by atoms with Crippen molar-refractivity contribution in [1.82, 2.24) is 5.32 Å². The smallest absolute Gasteiger partial charge is 0.0210 e. The molecule has 5 rings (SSSR count). The fraction of sp³-hybridized carbons (Fsp3) is 0.793. The van der Waals surface area contributed by atoms with E-state index in [4.69, 9.17) is 0 Å². The molecule has 1 saturated heterocycles. The van der Waals surface area contributed by atoms with E-state index in [2.05, 4.69) is 65.1 Å². The normalized spacial score (nSPS) is 33.8. The van der Waals surface area contributed by atoms with E-state index in [1.807, 2.05) is 0 Å². The summed E-state index contributed by atoms with van der Waals surface area (Å²) in [4.78, 5) is 0. The molecule has 1 aromatic carbocycles. The molecule has 1 N–H and O–H groups in total. The maximum atomic E-state index is 4.19. The second-order valence-electron chi connectivity index (χ2n) is 13.5. The molecule has 0 spiro atoms. The summed E-state index contributed by atoms with van der Waals surface area (Å²) in [6, 6.07) is 8.38. The molecule has 30 heavy (non-hydrogen) atoms. The number of nitrogens with one attached hydrogen (secondary N) is 1. The van der Waals surface area contributed by atoms with Gasteiger partial charge in [-0.3, -0.25) is 0 Å². The highest BCUT2D eigenvalue weighted by molar-refractivity contribution is 5.48. The van der Waals surface area contributed by atoms with Gasteiger partial charge in [-0.1, -0.05) is 79.0 Å². The first-order valence-corrected chi connectivity index (χ1v) is 13.0. The Hall–Kier alpha value is -0.820. The van der Waals surface area contributed by atoms with Crippen molar-refractivity contribution in [1.29, 1.82) is 0 Å². The van der Waals surface area contributed by atoms with Crippen LogP contribution in [0.2, 0.25) is 0 Å². The van der Waals surface area contributed by atoms with Gasteiger partial charge >= 0.3 is 0 Å². The van der Waals surface area contributed by atoms with Gasteiger partial charge in [0.15, 0.2) is 0 Å². The molecule has 1 nitrogen and oxygen atoms in total. The van der Waals surface area contributed by atoms with Crippen LogP contribution in [0.3, 0.4) is 0 Å². The van der Waals surface area contributed by atoms with Crippen LogP contribution >= 0.6 is 0 Å². The number of hydrogen-bond acceptors (Lipinski definition) is 1. The Morgan fingerprint density at radius 2 is 1.60 bits per heavy atom. The summed E-state index contributed by atoms with van der Waals surface area (Å²) in [5.74, 6) is 3.22. The molecular weight excluding hydrogens is 362 g/mol. The van der Waals surface area contributed by atoms with Crippen LogP contribution in [0.25, 0.3) is 0 Å². The van der Waals surface area contributed by atoms with Crippen molar-refractivity contribution < 1.29 is 0 Å². The summed E-state index contributed by atoms with van der Waals surface area (Å²) in [7, 11) is 0. The van der Waals surface area contributed by atoms with Crippen molar-refractivity contribution in [2.45, 2.75) is 116 Å². The van der Waals surface area contributed by atoms with Crippen molar-refractivity contribution in [2.24, 2.45) is 22.7 Å². The SMILES string of the molecule is CC(C)(C)c1ccc2c(c1)C1CC(C(C)(C)C)CNC1C2C1(C2CCCC2)CCC1. The summed E-state index contributed by atoms with van der Waals surface area (Å²) in [6.07, 6.45) is 11.7.